The van der Waals surface area contributed by atoms with E-state index in [1.807, 2.05) is 42.5 Å². The number of rotatable bonds is 7. The molecule has 4 aromatic rings. The standard InChI is InChI=1S/C27H19NO6S/c29-25-24(16-20-11-12-22(34-20)18-7-3-8-19(15-18)26(30)31)35-27(32)28(25)13-14-33-23-10-4-6-17-5-1-2-9-21(17)23/h1-12,15-16H,13-14H2,(H,30,31)/b24-16-. The third-order valence-corrected chi connectivity index (χ3v) is 6.40. The zero-order chi connectivity index (χ0) is 24.4. The van der Waals surface area contributed by atoms with Crippen LogP contribution in [0.3, 0.4) is 0 Å². The van der Waals surface area contributed by atoms with Gasteiger partial charge >= 0.3 is 5.97 Å². The molecule has 1 aromatic heterocycles. The quantitative estimate of drug-likeness (QED) is 0.325. The molecule has 1 aliphatic heterocycles. The van der Waals surface area contributed by atoms with Gasteiger partial charge in [0.1, 0.15) is 23.9 Å². The van der Waals surface area contributed by atoms with E-state index in [-0.39, 0.29) is 28.9 Å². The van der Waals surface area contributed by atoms with Crippen LogP contribution in [-0.2, 0) is 4.79 Å². The molecule has 0 bridgehead atoms. The molecule has 0 radical (unpaired) electrons. The fraction of sp³-hybridized carbons (Fsp3) is 0.0741. The Hall–Kier alpha value is -4.30. The van der Waals surface area contributed by atoms with Crippen LogP contribution in [0.4, 0.5) is 4.79 Å². The number of carboxylic acids is 1. The second-order valence-electron chi connectivity index (χ2n) is 7.75. The number of imide groups is 1. The summed E-state index contributed by atoms with van der Waals surface area (Å²) in [5, 5.41) is 10.8. The molecule has 0 spiro atoms. The van der Waals surface area contributed by atoms with Gasteiger partial charge in [-0.2, -0.15) is 0 Å². The number of amides is 2. The lowest BCUT2D eigenvalue weighted by molar-refractivity contribution is -0.123. The van der Waals surface area contributed by atoms with Crippen LogP contribution < -0.4 is 4.74 Å². The number of aromatic carboxylic acids is 1. The van der Waals surface area contributed by atoms with Crippen molar-refractivity contribution in [2.45, 2.75) is 0 Å². The second-order valence-corrected chi connectivity index (χ2v) is 8.74. The van der Waals surface area contributed by atoms with Crippen molar-refractivity contribution in [2.24, 2.45) is 0 Å². The Morgan fingerprint density at radius 3 is 2.66 bits per heavy atom. The van der Waals surface area contributed by atoms with Crippen molar-refractivity contribution >= 4 is 45.7 Å². The first-order chi connectivity index (χ1) is 17.0. The highest BCUT2D eigenvalue weighted by atomic mass is 32.2. The summed E-state index contributed by atoms with van der Waals surface area (Å²) >= 11 is 0.842. The Balaban J connectivity index is 1.26. The normalized spacial score (nSPS) is 14.7. The molecular formula is C27H19NO6S. The van der Waals surface area contributed by atoms with Crippen molar-refractivity contribution in [3.8, 4) is 17.1 Å². The van der Waals surface area contributed by atoms with E-state index in [9.17, 15) is 19.5 Å². The van der Waals surface area contributed by atoms with Gasteiger partial charge in [-0.15, -0.1) is 0 Å². The summed E-state index contributed by atoms with van der Waals surface area (Å²) in [5.41, 5.74) is 0.746. The fourth-order valence-electron chi connectivity index (χ4n) is 3.78. The summed E-state index contributed by atoms with van der Waals surface area (Å²) in [5.74, 6) is 0.102. The van der Waals surface area contributed by atoms with E-state index in [0.717, 1.165) is 27.4 Å². The van der Waals surface area contributed by atoms with Crippen LogP contribution in [0.25, 0.3) is 28.2 Å². The number of hydrogen-bond acceptors (Lipinski definition) is 6. The van der Waals surface area contributed by atoms with Gasteiger partial charge < -0.3 is 14.3 Å². The number of carbonyl (C=O) groups is 3. The lowest BCUT2D eigenvalue weighted by Crippen LogP contribution is -2.32. The van der Waals surface area contributed by atoms with E-state index in [1.54, 1.807) is 24.3 Å². The molecule has 1 saturated heterocycles. The van der Waals surface area contributed by atoms with Crippen LogP contribution in [0.2, 0.25) is 0 Å². The molecule has 3 aromatic carbocycles. The van der Waals surface area contributed by atoms with Gasteiger partial charge in [-0.25, -0.2) is 4.79 Å². The van der Waals surface area contributed by atoms with Crippen molar-refractivity contribution < 1.29 is 28.6 Å². The molecule has 0 unspecified atom stereocenters. The van der Waals surface area contributed by atoms with Crippen molar-refractivity contribution in [1.29, 1.82) is 0 Å². The van der Waals surface area contributed by atoms with Crippen molar-refractivity contribution in [2.75, 3.05) is 13.2 Å². The molecule has 35 heavy (non-hydrogen) atoms. The smallest absolute Gasteiger partial charge is 0.335 e. The fourth-order valence-corrected chi connectivity index (χ4v) is 4.63. The molecule has 7 nitrogen and oxygen atoms in total. The number of hydrogen-bond donors (Lipinski definition) is 1. The number of furan rings is 1. The van der Waals surface area contributed by atoms with Crippen LogP contribution in [0.15, 0.2) is 88.2 Å². The first-order valence-electron chi connectivity index (χ1n) is 10.8. The SMILES string of the molecule is O=C(O)c1cccc(-c2ccc(/C=C3\SC(=O)N(CCOc4cccc5ccccc45)C3=O)o2)c1. The van der Waals surface area contributed by atoms with Crippen molar-refractivity contribution in [1.82, 2.24) is 4.90 Å². The molecule has 174 valence electrons. The Labute approximate surface area is 204 Å². The number of carboxylic acid groups (broad SMARTS) is 1. The average molecular weight is 486 g/mol. The van der Waals surface area contributed by atoms with Gasteiger partial charge in [0.2, 0.25) is 0 Å². The topological polar surface area (TPSA) is 97.0 Å². The first-order valence-corrected chi connectivity index (χ1v) is 11.6. The molecule has 0 atom stereocenters. The largest absolute Gasteiger partial charge is 0.491 e. The highest BCUT2D eigenvalue weighted by molar-refractivity contribution is 8.18. The minimum atomic E-state index is -1.03. The van der Waals surface area contributed by atoms with Gasteiger partial charge in [0.15, 0.2) is 0 Å². The molecule has 0 saturated carbocycles. The third kappa shape index (κ3) is 4.69. The molecule has 1 N–H and O–H groups in total. The maximum Gasteiger partial charge on any atom is 0.335 e. The van der Waals surface area contributed by atoms with Crippen molar-refractivity contribution in [3.05, 3.63) is 95.1 Å². The van der Waals surface area contributed by atoms with Gasteiger partial charge in [-0.1, -0.05) is 48.5 Å². The van der Waals surface area contributed by atoms with E-state index in [0.29, 0.717) is 22.8 Å². The molecular weight excluding hydrogens is 466 g/mol. The molecule has 5 rings (SSSR count). The summed E-state index contributed by atoms with van der Waals surface area (Å²) in [6.07, 6.45) is 1.51. The molecule has 0 aliphatic carbocycles. The minimum absolute atomic E-state index is 0.122. The third-order valence-electron chi connectivity index (χ3n) is 5.49. The van der Waals surface area contributed by atoms with Gasteiger partial charge in [0, 0.05) is 17.0 Å². The number of nitrogens with zero attached hydrogens (tertiary/aromatic N) is 1. The van der Waals surface area contributed by atoms with Crippen LogP contribution in [0, 0.1) is 0 Å². The summed E-state index contributed by atoms with van der Waals surface area (Å²) < 4.78 is 11.7. The predicted octanol–water partition coefficient (Wildman–Crippen LogP) is 5.91. The summed E-state index contributed by atoms with van der Waals surface area (Å²) in [7, 11) is 0. The Morgan fingerprint density at radius 1 is 1.00 bits per heavy atom. The maximum absolute atomic E-state index is 12.8. The maximum atomic E-state index is 12.8. The number of fused-ring (bicyclic) bond motifs is 1. The molecule has 2 amide bonds. The zero-order valence-electron chi connectivity index (χ0n) is 18.3. The van der Waals surface area contributed by atoms with E-state index in [1.165, 1.54) is 18.2 Å². The van der Waals surface area contributed by atoms with Crippen LogP contribution in [0.5, 0.6) is 5.75 Å². The predicted molar refractivity (Wildman–Crippen MR) is 133 cm³/mol. The van der Waals surface area contributed by atoms with E-state index in [2.05, 4.69) is 0 Å². The zero-order valence-corrected chi connectivity index (χ0v) is 19.2. The number of benzene rings is 3. The number of thioether (sulfide) groups is 1. The second kappa shape index (κ2) is 9.52. The summed E-state index contributed by atoms with van der Waals surface area (Å²) in [6.45, 7) is 0.292. The number of carbonyl (C=O) groups excluding carboxylic acids is 2. The van der Waals surface area contributed by atoms with Gasteiger partial charge in [0.05, 0.1) is 17.0 Å². The van der Waals surface area contributed by atoms with E-state index in [4.69, 9.17) is 9.15 Å². The van der Waals surface area contributed by atoms with Crippen LogP contribution >= 0.6 is 11.8 Å². The van der Waals surface area contributed by atoms with Crippen molar-refractivity contribution in [3.63, 3.8) is 0 Å². The number of ether oxygens (including phenoxy) is 1. The Morgan fingerprint density at radius 2 is 1.80 bits per heavy atom. The summed E-state index contributed by atoms with van der Waals surface area (Å²) in [6, 6.07) is 23.3. The molecule has 8 heteroatoms. The van der Waals surface area contributed by atoms with Crippen LogP contribution in [-0.4, -0.2) is 40.3 Å². The molecule has 1 fully saturated rings. The Kier molecular flexibility index (Phi) is 6.12. The minimum Gasteiger partial charge on any atom is -0.491 e. The average Bonchev–Trinajstić information content (AvgIpc) is 3.44. The Bertz CT molecular complexity index is 1480. The van der Waals surface area contributed by atoms with Gasteiger partial charge in [-0.3, -0.25) is 14.5 Å². The van der Waals surface area contributed by atoms with Gasteiger partial charge in [0.25, 0.3) is 11.1 Å². The van der Waals surface area contributed by atoms with E-state index >= 15 is 0 Å². The van der Waals surface area contributed by atoms with E-state index < -0.39 is 11.9 Å². The monoisotopic (exact) mass is 485 g/mol. The van der Waals surface area contributed by atoms with Crippen LogP contribution in [0.1, 0.15) is 16.1 Å². The highest BCUT2D eigenvalue weighted by Gasteiger charge is 2.35. The first kappa shape index (κ1) is 22.5. The lowest BCUT2D eigenvalue weighted by atomic mass is 10.1. The summed E-state index contributed by atoms with van der Waals surface area (Å²) in [4.78, 5) is 37.9. The highest BCUT2D eigenvalue weighted by Crippen LogP contribution is 2.33. The lowest BCUT2D eigenvalue weighted by Gasteiger charge is -2.14. The van der Waals surface area contributed by atoms with Gasteiger partial charge in [-0.05, 0) is 47.5 Å². The molecule has 2 heterocycles. The molecule has 1 aliphatic rings.